The lowest BCUT2D eigenvalue weighted by Crippen LogP contribution is -2.29. The monoisotopic (exact) mass is 307 g/mol. The van der Waals surface area contributed by atoms with Crippen molar-refractivity contribution in [1.82, 2.24) is 10.6 Å². The summed E-state index contributed by atoms with van der Waals surface area (Å²) in [6.45, 7) is 1.02. The molecule has 0 radical (unpaired) electrons. The number of amides is 1. The van der Waals surface area contributed by atoms with Crippen molar-refractivity contribution in [2.24, 2.45) is 0 Å². The van der Waals surface area contributed by atoms with Gasteiger partial charge in [-0.15, -0.1) is 0 Å². The molecular formula is C15H18ClN3O2. The van der Waals surface area contributed by atoms with Gasteiger partial charge in [-0.05, 0) is 30.5 Å². The Morgan fingerprint density at radius 2 is 2.29 bits per heavy atom. The van der Waals surface area contributed by atoms with E-state index in [0.29, 0.717) is 23.4 Å². The first-order chi connectivity index (χ1) is 10.2. The lowest BCUT2D eigenvalue weighted by molar-refractivity contribution is -0.123. The van der Waals surface area contributed by atoms with Crippen molar-refractivity contribution in [1.29, 1.82) is 5.26 Å². The zero-order valence-electron chi connectivity index (χ0n) is 11.7. The van der Waals surface area contributed by atoms with E-state index >= 15 is 0 Å². The smallest absolute Gasteiger partial charge is 0.257 e. The van der Waals surface area contributed by atoms with Gasteiger partial charge in [0.2, 0.25) is 0 Å². The van der Waals surface area contributed by atoms with Crippen LogP contribution in [0.5, 0.6) is 5.75 Å². The van der Waals surface area contributed by atoms with Gasteiger partial charge in [0.1, 0.15) is 5.75 Å². The van der Waals surface area contributed by atoms with Gasteiger partial charge in [0, 0.05) is 19.1 Å². The maximum Gasteiger partial charge on any atom is 0.257 e. The fraction of sp³-hybridized carbons (Fsp3) is 0.467. The number of nitrogens with zero attached hydrogens (tertiary/aromatic N) is 1. The Morgan fingerprint density at radius 1 is 1.48 bits per heavy atom. The summed E-state index contributed by atoms with van der Waals surface area (Å²) in [7, 11) is 0. The molecule has 0 bridgehead atoms. The summed E-state index contributed by atoms with van der Waals surface area (Å²) in [6.07, 6.45) is 2.78. The zero-order valence-corrected chi connectivity index (χ0v) is 12.4. The average molecular weight is 308 g/mol. The van der Waals surface area contributed by atoms with Crippen LogP contribution in [0.3, 0.4) is 0 Å². The van der Waals surface area contributed by atoms with Crippen LogP contribution < -0.4 is 15.4 Å². The SMILES string of the molecule is N#CCCNC(=O)COc1ccc(CNC2CC2)cc1Cl. The topological polar surface area (TPSA) is 74.2 Å². The first kappa shape index (κ1) is 15.6. The summed E-state index contributed by atoms with van der Waals surface area (Å²) >= 11 is 6.14. The maximum absolute atomic E-state index is 11.5. The summed E-state index contributed by atoms with van der Waals surface area (Å²) in [5.74, 6) is 0.225. The first-order valence-electron chi connectivity index (χ1n) is 6.97. The lowest BCUT2D eigenvalue weighted by Gasteiger charge is -2.10. The summed E-state index contributed by atoms with van der Waals surface area (Å²) in [5, 5.41) is 14.9. The van der Waals surface area contributed by atoms with Crippen LogP contribution in [0.25, 0.3) is 0 Å². The highest BCUT2D eigenvalue weighted by Crippen LogP contribution is 2.26. The Hall–Kier alpha value is -1.77. The van der Waals surface area contributed by atoms with Crippen molar-refractivity contribution >= 4 is 17.5 Å². The molecular weight excluding hydrogens is 290 g/mol. The van der Waals surface area contributed by atoms with Gasteiger partial charge in [-0.2, -0.15) is 5.26 Å². The minimum Gasteiger partial charge on any atom is -0.482 e. The van der Waals surface area contributed by atoms with E-state index in [1.54, 1.807) is 6.07 Å². The molecule has 0 heterocycles. The van der Waals surface area contributed by atoms with Gasteiger partial charge in [-0.1, -0.05) is 17.7 Å². The van der Waals surface area contributed by atoms with Crippen LogP contribution in [0, 0.1) is 11.3 Å². The summed E-state index contributed by atoms with van der Waals surface area (Å²) < 4.78 is 5.37. The van der Waals surface area contributed by atoms with E-state index in [1.165, 1.54) is 12.8 Å². The molecule has 1 aromatic rings. The molecule has 112 valence electrons. The van der Waals surface area contributed by atoms with E-state index in [-0.39, 0.29) is 18.9 Å². The summed E-state index contributed by atoms with van der Waals surface area (Å²) in [5.41, 5.74) is 1.10. The first-order valence-corrected chi connectivity index (χ1v) is 7.35. The molecule has 1 aliphatic rings. The molecule has 2 rings (SSSR count). The van der Waals surface area contributed by atoms with E-state index in [2.05, 4.69) is 10.6 Å². The van der Waals surface area contributed by atoms with Gasteiger partial charge in [-0.25, -0.2) is 0 Å². The summed E-state index contributed by atoms with van der Waals surface area (Å²) in [6, 6.07) is 8.16. The molecule has 0 atom stereocenters. The second-order valence-corrected chi connectivity index (χ2v) is 5.37. The molecule has 0 unspecified atom stereocenters. The molecule has 1 aliphatic carbocycles. The van der Waals surface area contributed by atoms with Crippen molar-refractivity contribution in [2.45, 2.75) is 31.8 Å². The Morgan fingerprint density at radius 3 is 2.95 bits per heavy atom. The number of nitriles is 1. The van der Waals surface area contributed by atoms with Gasteiger partial charge >= 0.3 is 0 Å². The van der Waals surface area contributed by atoms with Gasteiger partial charge in [0.15, 0.2) is 6.61 Å². The van der Waals surface area contributed by atoms with E-state index in [0.717, 1.165) is 12.1 Å². The molecule has 5 nitrogen and oxygen atoms in total. The number of hydrogen-bond donors (Lipinski definition) is 2. The van der Waals surface area contributed by atoms with Gasteiger partial charge in [0.05, 0.1) is 17.5 Å². The second kappa shape index (κ2) is 7.87. The molecule has 21 heavy (non-hydrogen) atoms. The number of rotatable bonds is 8. The Labute approximate surface area is 129 Å². The molecule has 2 N–H and O–H groups in total. The van der Waals surface area contributed by atoms with Gasteiger partial charge in [0.25, 0.3) is 5.91 Å². The van der Waals surface area contributed by atoms with Crippen molar-refractivity contribution in [3.63, 3.8) is 0 Å². The van der Waals surface area contributed by atoms with E-state index < -0.39 is 0 Å². The van der Waals surface area contributed by atoms with E-state index in [4.69, 9.17) is 21.6 Å². The highest BCUT2D eigenvalue weighted by Gasteiger charge is 2.20. The predicted octanol–water partition coefficient (Wildman–Crippen LogP) is 2.00. The quantitative estimate of drug-likeness (QED) is 0.720. The molecule has 0 aromatic heterocycles. The Balaban J connectivity index is 1.77. The number of nitrogens with one attached hydrogen (secondary N) is 2. The number of halogens is 1. The van der Waals surface area contributed by atoms with Crippen molar-refractivity contribution in [2.75, 3.05) is 13.2 Å². The Kier molecular flexibility index (Phi) is 5.85. The van der Waals surface area contributed by atoms with Crippen LogP contribution in [0.2, 0.25) is 5.02 Å². The number of carbonyl (C=O) groups excluding carboxylic acids is 1. The highest BCUT2D eigenvalue weighted by atomic mass is 35.5. The normalized spacial score (nSPS) is 13.5. The minimum absolute atomic E-state index is 0.106. The second-order valence-electron chi connectivity index (χ2n) is 4.97. The van der Waals surface area contributed by atoms with Crippen molar-refractivity contribution < 1.29 is 9.53 Å². The molecule has 0 saturated heterocycles. The fourth-order valence-electron chi connectivity index (χ4n) is 1.77. The standard InChI is InChI=1S/C15H18ClN3O2/c16-13-8-11(9-19-12-3-4-12)2-5-14(13)21-10-15(20)18-7-1-6-17/h2,5,8,12,19H,1,3-4,7,9-10H2,(H,18,20). The van der Waals surface area contributed by atoms with Crippen LogP contribution in [0.1, 0.15) is 24.8 Å². The highest BCUT2D eigenvalue weighted by molar-refractivity contribution is 6.32. The predicted molar refractivity (Wildman–Crippen MR) is 80.0 cm³/mol. The molecule has 6 heteroatoms. The van der Waals surface area contributed by atoms with Crippen molar-refractivity contribution in [3.8, 4) is 11.8 Å². The minimum atomic E-state index is -0.263. The molecule has 1 aromatic carbocycles. The largest absolute Gasteiger partial charge is 0.482 e. The van der Waals surface area contributed by atoms with Gasteiger partial charge < -0.3 is 15.4 Å². The molecule has 1 saturated carbocycles. The van der Waals surface area contributed by atoms with Crippen LogP contribution in [0.4, 0.5) is 0 Å². The molecule has 0 aliphatic heterocycles. The third-order valence-corrected chi connectivity index (χ3v) is 3.38. The average Bonchev–Trinajstić information content (AvgIpc) is 3.28. The molecule has 0 spiro atoms. The van der Waals surface area contributed by atoms with Crippen LogP contribution in [0.15, 0.2) is 18.2 Å². The number of ether oxygens (including phenoxy) is 1. The van der Waals surface area contributed by atoms with Crippen LogP contribution in [-0.2, 0) is 11.3 Å². The third-order valence-electron chi connectivity index (χ3n) is 3.09. The lowest BCUT2D eigenvalue weighted by atomic mass is 10.2. The van der Waals surface area contributed by atoms with Crippen LogP contribution >= 0.6 is 11.6 Å². The maximum atomic E-state index is 11.5. The zero-order chi connectivity index (χ0) is 15.1. The van der Waals surface area contributed by atoms with Crippen LogP contribution in [-0.4, -0.2) is 25.1 Å². The summed E-state index contributed by atoms with van der Waals surface area (Å²) in [4.78, 5) is 11.5. The van der Waals surface area contributed by atoms with Gasteiger partial charge in [-0.3, -0.25) is 4.79 Å². The Bertz CT molecular complexity index is 538. The van der Waals surface area contributed by atoms with Crippen molar-refractivity contribution in [3.05, 3.63) is 28.8 Å². The molecule has 1 amide bonds. The fourth-order valence-corrected chi connectivity index (χ4v) is 2.03. The number of hydrogen-bond acceptors (Lipinski definition) is 4. The molecule has 1 fully saturated rings. The number of benzene rings is 1. The number of carbonyl (C=O) groups is 1. The third kappa shape index (κ3) is 5.62. The van der Waals surface area contributed by atoms with E-state index in [9.17, 15) is 4.79 Å². The van der Waals surface area contributed by atoms with E-state index in [1.807, 2.05) is 18.2 Å².